The van der Waals surface area contributed by atoms with Gasteiger partial charge in [0.15, 0.2) is 0 Å². The number of thioether (sulfide) groups is 1. The second-order valence-corrected chi connectivity index (χ2v) is 6.97. The first-order chi connectivity index (χ1) is 12.2. The van der Waals surface area contributed by atoms with Gasteiger partial charge in [-0.25, -0.2) is 0 Å². The second kappa shape index (κ2) is 8.16. The number of pyridine rings is 1. The van der Waals surface area contributed by atoms with Crippen molar-refractivity contribution >= 4 is 22.9 Å². The van der Waals surface area contributed by atoms with E-state index < -0.39 is 0 Å². The number of ether oxygens (including phenoxy) is 1. The molecule has 0 saturated carbocycles. The molecule has 2 amide bonds. The smallest absolute Gasteiger partial charge is 0.286 e. The summed E-state index contributed by atoms with van der Waals surface area (Å²) in [6, 6.07) is 11.7. The molecule has 0 aliphatic carbocycles. The molecule has 2 aromatic rings. The molecule has 2 heterocycles. The molecule has 0 bridgehead atoms. The fraction of sp³-hybridized carbons (Fsp3) is 0.316. The van der Waals surface area contributed by atoms with Crippen molar-refractivity contribution in [1.82, 2.24) is 10.3 Å². The van der Waals surface area contributed by atoms with Crippen molar-refractivity contribution in [2.45, 2.75) is 31.4 Å². The minimum atomic E-state index is -0.337. The number of hydrogen-bond donors (Lipinski definition) is 1. The number of benzene rings is 1. The standard InChI is InChI=1S/C19H20N2O3S/c1-2-14-4-3-10-20-16(14)9-11-24-15-7-5-13(6-8-15)12-17-18(22)21-19(23)25-17/h3-8,10,17H,2,9,11-12H2,1H3,(H,21,22,23)/t17-/m1/s1. The zero-order valence-corrected chi connectivity index (χ0v) is 14.8. The first kappa shape index (κ1) is 17.5. The Kier molecular flexibility index (Phi) is 5.71. The minimum Gasteiger partial charge on any atom is -0.493 e. The largest absolute Gasteiger partial charge is 0.493 e. The molecule has 1 aliphatic heterocycles. The fourth-order valence-electron chi connectivity index (χ4n) is 2.75. The Labute approximate surface area is 151 Å². The van der Waals surface area contributed by atoms with Gasteiger partial charge in [0.2, 0.25) is 5.91 Å². The number of aryl methyl sites for hydroxylation is 1. The van der Waals surface area contributed by atoms with Crippen LogP contribution in [-0.4, -0.2) is 28.0 Å². The van der Waals surface area contributed by atoms with Crippen LogP contribution in [-0.2, 0) is 24.1 Å². The van der Waals surface area contributed by atoms with E-state index in [1.165, 1.54) is 5.56 Å². The molecule has 0 radical (unpaired) electrons. The fourth-order valence-corrected chi connectivity index (χ4v) is 3.61. The molecular formula is C19H20N2O3S. The highest BCUT2D eigenvalue weighted by molar-refractivity contribution is 8.15. The first-order valence-electron chi connectivity index (χ1n) is 8.31. The van der Waals surface area contributed by atoms with Gasteiger partial charge in [-0.1, -0.05) is 36.9 Å². The molecule has 1 N–H and O–H groups in total. The van der Waals surface area contributed by atoms with Crippen molar-refractivity contribution < 1.29 is 14.3 Å². The van der Waals surface area contributed by atoms with Gasteiger partial charge >= 0.3 is 0 Å². The molecule has 25 heavy (non-hydrogen) atoms. The van der Waals surface area contributed by atoms with E-state index in [0.29, 0.717) is 13.0 Å². The quantitative estimate of drug-likeness (QED) is 0.825. The van der Waals surface area contributed by atoms with Crippen molar-refractivity contribution in [3.63, 3.8) is 0 Å². The van der Waals surface area contributed by atoms with Crippen LogP contribution in [0.15, 0.2) is 42.6 Å². The third kappa shape index (κ3) is 4.60. The van der Waals surface area contributed by atoms with Gasteiger partial charge in [0.1, 0.15) is 5.75 Å². The lowest BCUT2D eigenvalue weighted by Gasteiger charge is -2.10. The zero-order valence-electron chi connectivity index (χ0n) is 14.0. The van der Waals surface area contributed by atoms with Crippen LogP contribution in [0.1, 0.15) is 23.7 Å². The Morgan fingerprint density at radius 3 is 2.68 bits per heavy atom. The lowest BCUT2D eigenvalue weighted by atomic mass is 10.1. The van der Waals surface area contributed by atoms with E-state index in [1.807, 2.05) is 36.5 Å². The third-order valence-electron chi connectivity index (χ3n) is 4.08. The van der Waals surface area contributed by atoms with Crippen LogP contribution in [0.4, 0.5) is 4.79 Å². The maximum Gasteiger partial charge on any atom is 0.286 e. The van der Waals surface area contributed by atoms with E-state index in [1.54, 1.807) is 0 Å². The SMILES string of the molecule is CCc1cccnc1CCOc1ccc(C[C@H]2SC(=O)NC2=O)cc1. The van der Waals surface area contributed by atoms with Crippen LogP contribution in [0.5, 0.6) is 5.75 Å². The summed E-state index contributed by atoms with van der Waals surface area (Å²) in [6.45, 7) is 2.69. The van der Waals surface area contributed by atoms with E-state index >= 15 is 0 Å². The predicted octanol–water partition coefficient (Wildman–Crippen LogP) is 3.16. The second-order valence-electron chi connectivity index (χ2n) is 5.79. The summed E-state index contributed by atoms with van der Waals surface area (Å²) in [7, 11) is 0. The molecule has 1 atom stereocenters. The van der Waals surface area contributed by atoms with E-state index in [9.17, 15) is 9.59 Å². The monoisotopic (exact) mass is 356 g/mol. The molecular weight excluding hydrogens is 336 g/mol. The highest BCUT2D eigenvalue weighted by Gasteiger charge is 2.31. The third-order valence-corrected chi connectivity index (χ3v) is 5.07. The Morgan fingerprint density at radius 2 is 2.00 bits per heavy atom. The van der Waals surface area contributed by atoms with Gasteiger partial charge in [0, 0.05) is 18.3 Å². The average molecular weight is 356 g/mol. The van der Waals surface area contributed by atoms with Crippen molar-refractivity contribution in [3.8, 4) is 5.75 Å². The van der Waals surface area contributed by atoms with Gasteiger partial charge in [-0.3, -0.25) is 19.9 Å². The summed E-state index contributed by atoms with van der Waals surface area (Å²) >= 11 is 1.05. The number of rotatable bonds is 7. The number of imide groups is 1. The maximum atomic E-state index is 11.6. The molecule has 0 unspecified atom stereocenters. The van der Waals surface area contributed by atoms with Crippen molar-refractivity contribution in [2.24, 2.45) is 0 Å². The van der Waals surface area contributed by atoms with E-state index in [0.717, 1.165) is 41.6 Å². The predicted molar refractivity (Wildman–Crippen MR) is 97.9 cm³/mol. The highest BCUT2D eigenvalue weighted by Crippen LogP contribution is 2.24. The van der Waals surface area contributed by atoms with Crippen LogP contribution in [0.3, 0.4) is 0 Å². The molecule has 130 valence electrons. The number of hydrogen-bond acceptors (Lipinski definition) is 5. The summed E-state index contributed by atoms with van der Waals surface area (Å²) in [4.78, 5) is 27.2. The minimum absolute atomic E-state index is 0.211. The van der Waals surface area contributed by atoms with Crippen LogP contribution >= 0.6 is 11.8 Å². The van der Waals surface area contributed by atoms with Crippen molar-refractivity contribution in [3.05, 3.63) is 59.4 Å². The molecule has 5 nitrogen and oxygen atoms in total. The summed E-state index contributed by atoms with van der Waals surface area (Å²) in [5.41, 5.74) is 3.34. The molecule has 3 rings (SSSR count). The molecule has 0 spiro atoms. The summed E-state index contributed by atoms with van der Waals surface area (Å²) in [5, 5.41) is 1.70. The lowest BCUT2D eigenvalue weighted by Crippen LogP contribution is -2.25. The van der Waals surface area contributed by atoms with Crippen LogP contribution in [0.2, 0.25) is 0 Å². The zero-order chi connectivity index (χ0) is 17.6. The molecule has 1 saturated heterocycles. The van der Waals surface area contributed by atoms with E-state index in [-0.39, 0.29) is 16.4 Å². The summed E-state index contributed by atoms with van der Waals surface area (Å²) < 4.78 is 5.79. The highest BCUT2D eigenvalue weighted by atomic mass is 32.2. The van der Waals surface area contributed by atoms with Gasteiger partial charge in [-0.15, -0.1) is 0 Å². The molecule has 1 fully saturated rings. The van der Waals surface area contributed by atoms with E-state index in [2.05, 4.69) is 23.3 Å². The normalized spacial score (nSPS) is 16.8. The first-order valence-corrected chi connectivity index (χ1v) is 9.19. The number of aromatic nitrogens is 1. The van der Waals surface area contributed by atoms with Gasteiger partial charge in [0.05, 0.1) is 11.9 Å². The Balaban J connectivity index is 1.51. The molecule has 6 heteroatoms. The van der Waals surface area contributed by atoms with Gasteiger partial charge in [-0.05, 0) is 42.2 Å². The molecule has 1 aliphatic rings. The number of nitrogens with one attached hydrogen (secondary N) is 1. The summed E-state index contributed by atoms with van der Waals surface area (Å²) in [5.74, 6) is 0.578. The van der Waals surface area contributed by atoms with Gasteiger partial charge in [0.25, 0.3) is 5.24 Å². The topological polar surface area (TPSA) is 68.3 Å². The Bertz CT molecular complexity index is 762. The number of carbonyl (C=O) groups is 2. The Hall–Kier alpha value is -2.34. The molecule has 1 aromatic heterocycles. The number of nitrogens with zero attached hydrogens (tertiary/aromatic N) is 1. The van der Waals surface area contributed by atoms with Crippen molar-refractivity contribution in [1.29, 1.82) is 0 Å². The summed E-state index contributed by atoms with van der Waals surface area (Å²) in [6.07, 6.45) is 4.08. The number of carbonyl (C=O) groups excluding carboxylic acids is 2. The molecule has 1 aromatic carbocycles. The van der Waals surface area contributed by atoms with Crippen LogP contribution in [0, 0.1) is 0 Å². The van der Waals surface area contributed by atoms with E-state index in [4.69, 9.17) is 4.74 Å². The maximum absolute atomic E-state index is 11.6. The van der Waals surface area contributed by atoms with Crippen molar-refractivity contribution in [2.75, 3.05) is 6.61 Å². The lowest BCUT2D eigenvalue weighted by molar-refractivity contribution is -0.118. The van der Waals surface area contributed by atoms with Gasteiger partial charge < -0.3 is 4.74 Å². The van der Waals surface area contributed by atoms with Crippen LogP contribution in [0.25, 0.3) is 0 Å². The average Bonchev–Trinajstić information content (AvgIpc) is 2.94. The van der Waals surface area contributed by atoms with Crippen LogP contribution < -0.4 is 10.1 Å². The number of amides is 2. The Morgan fingerprint density at radius 1 is 1.20 bits per heavy atom. The van der Waals surface area contributed by atoms with Gasteiger partial charge in [-0.2, -0.15) is 0 Å².